The fourth-order valence-corrected chi connectivity index (χ4v) is 2.66. The number of carboxylic acid groups (broad SMARTS) is 1. The summed E-state index contributed by atoms with van der Waals surface area (Å²) in [5, 5.41) is 10.1. The van der Waals surface area contributed by atoms with Gasteiger partial charge in [-0.3, -0.25) is 4.79 Å². The fraction of sp³-hybridized carbons (Fsp3) is 0.273. The second-order valence-corrected chi connectivity index (χ2v) is 5.18. The number of aromatic nitrogens is 1. The number of hydrogen-bond acceptors (Lipinski definition) is 4. The van der Waals surface area contributed by atoms with Crippen LogP contribution in [0.25, 0.3) is 10.2 Å². The number of fused-ring (bicyclic) bond motifs is 1. The summed E-state index contributed by atoms with van der Waals surface area (Å²) >= 11 is 7.48. The maximum atomic E-state index is 10.6. The van der Waals surface area contributed by atoms with Crippen molar-refractivity contribution in [2.24, 2.45) is 0 Å². The molecule has 0 aliphatic rings. The van der Waals surface area contributed by atoms with Gasteiger partial charge in [0, 0.05) is 12.1 Å². The molecule has 0 saturated carbocycles. The molecule has 0 bridgehead atoms. The Balaban J connectivity index is 2.44. The van der Waals surface area contributed by atoms with Crippen LogP contribution in [0.1, 0.15) is 5.56 Å². The van der Waals surface area contributed by atoms with Gasteiger partial charge in [0.1, 0.15) is 6.54 Å². The predicted molar refractivity (Wildman–Crippen MR) is 70.3 cm³/mol. The Morgan fingerprint density at radius 1 is 1.59 bits per heavy atom. The van der Waals surface area contributed by atoms with Gasteiger partial charge in [0.05, 0.1) is 10.2 Å². The second-order valence-electron chi connectivity index (χ2n) is 3.77. The number of aliphatic carboxylic acids is 1. The number of aryl methyl sites for hydroxylation is 1. The summed E-state index contributed by atoms with van der Waals surface area (Å²) in [6.45, 7) is 1.85. The average Bonchev–Trinajstić information content (AvgIpc) is 2.67. The summed E-state index contributed by atoms with van der Waals surface area (Å²) in [7, 11) is 1.71. The SMILES string of the molecule is Cc1c(Cl)ccc2sc(N(C)CC(=O)O)nc12. The van der Waals surface area contributed by atoms with Gasteiger partial charge in [0.25, 0.3) is 0 Å². The van der Waals surface area contributed by atoms with Crippen LogP contribution in [0.4, 0.5) is 5.13 Å². The Hall–Kier alpha value is -1.33. The maximum Gasteiger partial charge on any atom is 0.323 e. The lowest BCUT2D eigenvalue weighted by atomic mass is 10.2. The van der Waals surface area contributed by atoms with Crippen LogP contribution in [0.5, 0.6) is 0 Å². The first kappa shape index (κ1) is 12.1. The van der Waals surface area contributed by atoms with E-state index in [9.17, 15) is 4.79 Å². The summed E-state index contributed by atoms with van der Waals surface area (Å²) in [6, 6.07) is 3.73. The number of thiazole rings is 1. The first-order chi connectivity index (χ1) is 7.99. The molecular weight excluding hydrogens is 260 g/mol. The van der Waals surface area contributed by atoms with Crippen LogP contribution in [0.3, 0.4) is 0 Å². The molecule has 1 N–H and O–H groups in total. The first-order valence-electron chi connectivity index (χ1n) is 4.97. The van der Waals surface area contributed by atoms with Crippen LogP contribution in [0.15, 0.2) is 12.1 Å². The molecule has 1 aromatic heterocycles. The molecule has 0 fully saturated rings. The normalized spacial score (nSPS) is 10.8. The summed E-state index contributed by atoms with van der Waals surface area (Å²) in [6.07, 6.45) is 0. The third kappa shape index (κ3) is 2.35. The van der Waals surface area contributed by atoms with E-state index >= 15 is 0 Å². The van der Waals surface area contributed by atoms with E-state index in [1.807, 2.05) is 19.1 Å². The number of carboxylic acids is 1. The van der Waals surface area contributed by atoms with Crippen molar-refractivity contribution in [1.82, 2.24) is 4.98 Å². The van der Waals surface area contributed by atoms with Crippen molar-refractivity contribution in [3.63, 3.8) is 0 Å². The van der Waals surface area contributed by atoms with Crippen LogP contribution in [0, 0.1) is 6.92 Å². The largest absolute Gasteiger partial charge is 0.480 e. The fourth-order valence-electron chi connectivity index (χ4n) is 1.52. The third-order valence-electron chi connectivity index (χ3n) is 2.44. The molecule has 0 radical (unpaired) electrons. The van der Waals surface area contributed by atoms with Crippen LogP contribution >= 0.6 is 22.9 Å². The van der Waals surface area contributed by atoms with E-state index in [1.54, 1.807) is 11.9 Å². The van der Waals surface area contributed by atoms with E-state index in [0.29, 0.717) is 10.2 Å². The lowest BCUT2D eigenvalue weighted by Gasteiger charge is -2.11. The zero-order valence-corrected chi connectivity index (χ0v) is 11.0. The zero-order chi connectivity index (χ0) is 12.6. The van der Waals surface area contributed by atoms with Crippen LogP contribution < -0.4 is 4.90 Å². The predicted octanol–water partition coefficient (Wildman–Crippen LogP) is 2.78. The van der Waals surface area contributed by atoms with Crippen molar-refractivity contribution in [1.29, 1.82) is 0 Å². The number of likely N-dealkylation sites (N-methyl/N-ethyl adjacent to an activating group) is 1. The minimum atomic E-state index is -0.874. The topological polar surface area (TPSA) is 53.4 Å². The third-order valence-corrected chi connectivity index (χ3v) is 3.98. The van der Waals surface area contributed by atoms with Crippen LogP contribution in [0.2, 0.25) is 5.02 Å². The lowest BCUT2D eigenvalue weighted by molar-refractivity contribution is -0.135. The lowest BCUT2D eigenvalue weighted by Crippen LogP contribution is -2.24. The van der Waals surface area contributed by atoms with Gasteiger partial charge in [0.15, 0.2) is 5.13 Å². The first-order valence-corrected chi connectivity index (χ1v) is 6.17. The summed E-state index contributed by atoms with van der Waals surface area (Å²) in [4.78, 5) is 16.7. The molecule has 0 amide bonds. The highest BCUT2D eigenvalue weighted by atomic mass is 35.5. The van der Waals surface area contributed by atoms with Crippen molar-refractivity contribution in [2.45, 2.75) is 6.92 Å². The van der Waals surface area contributed by atoms with E-state index in [0.717, 1.165) is 15.8 Å². The van der Waals surface area contributed by atoms with Crippen molar-refractivity contribution in [3.05, 3.63) is 22.7 Å². The number of hydrogen-bond donors (Lipinski definition) is 1. The highest BCUT2D eigenvalue weighted by Crippen LogP contribution is 2.32. The van der Waals surface area contributed by atoms with Gasteiger partial charge in [-0.25, -0.2) is 4.98 Å². The quantitative estimate of drug-likeness (QED) is 0.932. The van der Waals surface area contributed by atoms with Gasteiger partial charge in [-0.2, -0.15) is 0 Å². The minimum absolute atomic E-state index is 0.0629. The average molecular weight is 271 g/mol. The molecule has 1 aromatic carbocycles. The molecule has 0 aliphatic heterocycles. The van der Waals surface area contributed by atoms with Gasteiger partial charge in [-0.1, -0.05) is 22.9 Å². The Labute approximate surface area is 107 Å². The monoisotopic (exact) mass is 270 g/mol. The Morgan fingerprint density at radius 2 is 2.29 bits per heavy atom. The van der Waals surface area contributed by atoms with Gasteiger partial charge < -0.3 is 10.0 Å². The molecule has 0 saturated heterocycles. The van der Waals surface area contributed by atoms with Gasteiger partial charge >= 0.3 is 5.97 Å². The molecule has 2 aromatic rings. The number of nitrogens with zero attached hydrogens (tertiary/aromatic N) is 2. The highest BCUT2D eigenvalue weighted by Gasteiger charge is 2.13. The van der Waals surface area contributed by atoms with Crippen molar-refractivity contribution in [2.75, 3.05) is 18.5 Å². The molecule has 90 valence electrons. The van der Waals surface area contributed by atoms with E-state index in [2.05, 4.69) is 4.98 Å². The van der Waals surface area contributed by atoms with Crippen molar-refractivity contribution < 1.29 is 9.90 Å². The van der Waals surface area contributed by atoms with Crippen molar-refractivity contribution >= 4 is 44.3 Å². The molecule has 6 heteroatoms. The molecule has 4 nitrogen and oxygen atoms in total. The van der Waals surface area contributed by atoms with Crippen LogP contribution in [-0.2, 0) is 4.79 Å². The van der Waals surface area contributed by atoms with E-state index in [-0.39, 0.29) is 6.54 Å². The standard InChI is InChI=1S/C11H11ClN2O2S/c1-6-7(12)3-4-8-10(6)13-11(17-8)14(2)5-9(15)16/h3-4H,5H2,1-2H3,(H,15,16). The highest BCUT2D eigenvalue weighted by molar-refractivity contribution is 7.22. The molecule has 1 heterocycles. The molecule has 0 atom stereocenters. The summed E-state index contributed by atoms with van der Waals surface area (Å²) < 4.78 is 1.01. The molecule has 2 rings (SSSR count). The van der Waals surface area contributed by atoms with Crippen LogP contribution in [-0.4, -0.2) is 29.7 Å². The zero-order valence-electron chi connectivity index (χ0n) is 9.40. The smallest absolute Gasteiger partial charge is 0.323 e. The summed E-state index contributed by atoms with van der Waals surface area (Å²) in [5.41, 5.74) is 1.77. The van der Waals surface area contributed by atoms with Crippen molar-refractivity contribution in [3.8, 4) is 0 Å². The molecule has 0 aliphatic carbocycles. The Morgan fingerprint density at radius 3 is 2.94 bits per heavy atom. The van der Waals surface area contributed by atoms with E-state index < -0.39 is 5.97 Å². The second kappa shape index (κ2) is 4.50. The number of rotatable bonds is 3. The molecular formula is C11H11ClN2O2S. The molecule has 0 unspecified atom stereocenters. The van der Waals surface area contributed by atoms with E-state index in [1.165, 1.54) is 11.3 Å². The van der Waals surface area contributed by atoms with E-state index in [4.69, 9.17) is 16.7 Å². The Kier molecular flexibility index (Phi) is 3.22. The van der Waals surface area contributed by atoms with Gasteiger partial charge in [-0.15, -0.1) is 0 Å². The van der Waals surface area contributed by atoms with Gasteiger partial charge in [0.2, 0.25) is 0 Å². The van der Waals surface area contributed by atoms with Gasteiger partial charge in [-0.05, 0) is 24.6 Å². The number of halogens is 1. The Bertz CT molecular complexity index is 582. The number of carbonyl (C=O) groups is 1. The maximum absolute atomic E-state index is 10.6. The molecule has 17 heavy (non-hydrogen) atoms. The minimum Gasteiger partial charge on any atom is -0.480 e. The number of benzene rings is 1. The molecule has 0 spiro atoms. The number of anilines is 1. The summed E-state index contributed by atoms with van der Waals surface area (Å²) in [5.74, 6) is -0.874.